The van der Waals surface area contributed by atoms with Gasteiger partial charge < -0.3 is 10.4 Å². The molecule has 19 heavy (non-hydrogen) atoms. The second kappa shape index (κ2) is 5.68. The van der Waals surface area contributed by atoms with E-state index in [-0.39, 0.29) is 12.0 Å². The first kappa shape index (κ1) is 16.3. The molecule has 0 saturated heterocycles. The number of rotatable bonds is 4. The first-order valence-corrected chi connectivity index (χ1v) is 6.47. The predicted molar refractivity (Wildman–Crippen MR) is 65.2 cm³/mol. The minimum Gasteiger partial charge on any atom is -0.389 e. The summed E-state index contributed by atoms with van der Waals surface area (Å²) in [6.45, 7) is 3.88. The Morgan fingerprint density at radius 3 is 2.21 bits per heavy atom. The summed E-state index contributed by atoms with van der Waals surface area (Å²) in [6, 6.07) is 1.24. The predicted octanol–water partition coefficient (Wildman–Crippen LogP) is 2.61. The quantitative estimate of drug-likeness (QED) is 0.831. The van der Waals surface area contributed by atoms with Crippen molar-refractivity contribution in [1.29, 1.82) is 5.26 Å². The summed E-state index contributed by atoms with van der Waals surface area (Å²) < 4.78 is 37.1. The Hall–Kier alpha value is -0.800. The Kier molecular flexibility index (Phi) is 4.86. The van der Waals surface area contributed by atoms with Crippen molar-refractivity contribution in [2.45, 2.75) is 51.3 Å². The maximum atomic E-state index is 12.4. The van der Waals surface area contributed by atoms with Crippen LogP contribution in [0.2, 0.25) is 0 Å². The van der Waals surface area contributed by atoms with Crippen LogP contribution in [0.4, 0.5) is 13.2 Å². The highest BCUT2D eigenvalue weighted by atomic mass is 19.4. The van der Waals surface area contributed by atoms with Crippen LogP contribution in [0.3, 0.4) is 0 Å². The van der Waals surface area contributed by atoms with E-state index >= 15 is 0 Å². The average molecular weight is 278 g/mol. The van der Waals surface area contributed by atoms with Crippen molar-refractivity contribution in [3.05, 3.63) is 0 Å². The lowest BCUT2D eigenvalue weighted by Gasteiger charge is -2.40. The molecule has 6 heteroatoms. The number of hydrogen-bond donors (Lipinski definition) is 2. The van der Waals surface area contributed by atoms with Crippen LogP contribution in [0.15, 0.2) is 0 Å². The average Bonchev–Trinajstić information content (AvgIpc) is 2.28. The monoisotopic (exact) mass is 278 g/mol. The van der Waals surface area contributed by atoms with Crippen LogP contribution in [0.1, 0.15) is 39.5 Å². The number of aliphatic hydroxyl groups is 1. The van der Waals surface area contributed by atoms with E-state index in [1.807, 2.05) is 0 Å². The van der Waals surface area contributed by atoms with Gasteiger partial charge in [0.05, 0.1) is 11.7 Å². The molecule has 0 amide bonds. The molecule has 1 rings (SSSR count). The van der Waals surface area contributed by atoms with Gasteiger partial charge in [0.2, 0.25) is 0 Å². The number of alkyl halides is 3. The number of nitriles is 1. The molecule has 1 fully saturated rings. The summed E-state index contributed by atoms with van der Waals surface area (Å²) >= 11 is 0. The first-order chi connectivity index (χ1) is 8.58. The lowest BCUT2D eigenvalue weighted by atomic mass is 9.71. The van der Waals surface area contributed by atoms with Crippen LogP contribution >= 0.6 is 0 Å². The molecule has 0 aromatic carbocycles. The third-order valence-corrected chi connectivity index (χ3v) is 3.89. The molecule has 0 aromatic heterocycles. The molecule has 0 radical (unpaired) electrons. The summed E-state index contributed by atoms with van der Waals surface area (Å²) in [7, 11) is 0. The summed E-state index contributed by atoms with van der Waals surface area (Å²) in [5.41, 5.74) is -0.755. The normalized spacial score (nSPS) is 23.6. The van der Waals surface area contributed by atoms with Gasteiger partial charge in [0.25, 0.3) is 0 Å². The van der Waals surface area contributed by atoms with Crippen LogP contribution < -0.4 is 5.32 Å². The molecule has 1 aliphatic carbocycles. The van der Waals surface area contributed by atoms with Crippen molar-refractivity contribution in [2.24, 2.45) is 11.3 Å². The fraction of sp³-hybridized carbons (Fsp3) is 0.923. The van der Waals surface area contributed by atoms with Crippen LogP contribution in [0.5, 0.6) is 0 Å². The van der Waals surface area contributed by atoms with Crippen molar-refractivity contribution in [3.63, 3.8) is 0 Å². The minimum absolute atomic E-state index is 0.108. The molecule has 1 atom stereocenters. The van der Waals surface area contributed by atoms with E-state index in [0.29, 0.717) is 12.8 Å². The maximum Gasteiger partial charge on any atom is 0.405 e. The minimum atomic E-state index is -4.51. The van der Waals surface area contributed by atoms with Gasteiger partial charge in [-0.3, -0.25) is 0 Å². The van der Waals surface area contributed by atoms with E-state index in [1.165, 1.54) is 6.07 Å². The van der Waals surface area contributed by atoms with Crippen molar-refractivity contribution in [1.82, 2.24) is 5.32 Å². The third-order valence-electron chi connectivity index (χ3n) is 3.89. The van der Waals surface area contributed by atoms with Crippen molar-refractivity contribution in [2.75, 3.05) is 13.1 Å². The lowest BCUT2D eigenvalue weighted by Crippen LogP contribution is -2.46. The van der Waals surface area contributed by atoms with Crippen molar-refractivity contribution >= 4 is 0 Å². The van der Waals surface area contributed by atoms with E-state index in [0.717, 1.165) is 12.8 Å². The molecular weight excluding hydrogens is 257 g/mol. The molecule has 2 N–H and O–H groups in total. The van der Waals surface area contributed by atoms with Gasteiger partial charge in [0, 0.05) is 13.1 Å². The molecule has 0 bridgehead atoms. The van der Waals surface area contributed by atoms with Crippen LogP contribution in [-0.4, -0.2) is 30.0 Å². The highest BCUT2D eigenvalue weighted by Crippen LogP contribution is 2.39. The third kappa shape index (κ3) is 5.00. The SMILES string of the molecule is CC1(C)CCC(O)(CNCC(C#N)C(F)(F)F)CC1. The second-order valence-electron chi connectivity index (χ2n) is 6.24. The van der Waals surface area contributed by atoms with Gasteiger partial charge in [-0.05, 0) is 31.1 Å². The lowest BCUT2D eigenvalue weighted by molar-refractivity contribution is -0.158. The molecule has 3 nitrogen and oxygen atoms in total. The Bertz CT molecular complexity index is 337. The molecule has 110 valence electrons. The number of halogens is 3. The van der Waals surface area contributed by atoms with Gasteiger partial charge in [-0.1, -0.05) is 13.8 Å². The van der Waals surface area contributed by atoms with E-state index < -0.39 is 24.2 Å². The van der Waals surface area contributed by atoms with Crippen LogP contribution in [0, 0.1) is 22.7 Å². The Morgan fingerprint density at radius 2 is 1.79 bits per heavy atom. The largest absolute Gasteiger partial charge is 0.405 e. The summed E-state index contributed by atoms with van der Waals surface area (Å²) in [5, 5.41) is 21.3. The standard InChI is InChI=1S/C13H21F3N2O/c1-11(2)3-5-12(19,6-4-11)9-18-8-10(7-17)13(14,15)16/h10,18-19H,3-6,8-9H2,1-2H3. The van der Waals surface area contributed by atoms with Gasteiger partial charge >= 0.3 is 6.18 Å². The van der Waals surface area contributed by atoms with E-state index in [1.54, 1.807) is 0 Å². The smallest absolute Gasteiger partial charge is 0.389 e. The zero-order chi connectivity index (χ0) is 14.7. The Labute approximate surface area is 111 Å². The molecule has 1 saturated carbocycles. The Morgan fingerprint density at radius 1 is 1.26 bits per heavy atom. The van der Waals surface area contributed by atoms with Gasteiger partial charge in [0.1, 0.15) is 0 Å². The fourth-order valence-electron chi connectivity index (χ4n) is 2.25. The molecule has 1 unspecified atom stereocenters. The molecule has 1 aliphatic rings. The van der Waals surface area contributed by atoms with Crippen LogP contribution in [-0.2, 0) is 0 Å². The van der Waals surface area contributed by atoms with Gasteiger partial charge in [-0.2, -0.15) is 18.4 Å². The zero-order valence-electron chi connectivity index (χ0n) is 11.3. The number of hydrogen-bond acceptors (Lipinski definition) is 3. The van der Waals surface area contributed by atoms with Gasteiger partial charge in [0.15, 0.2) is 5.92 Å². The molecule has 0 spiro atoms. The molecule has 0 aliphatic heterocycles. The Balaban J connectivity index is 2.39. The highest BCUT2D eigenvalue weighted by Gasteiger charge is 2.41. The summed E-state index contributed by atoms with van der Waals surface area (Å²) in [4.78, 5) is 0. The van der Waals surface area contributed by atoms with Crippen molar-refractivity contribution in [3.8, 4) is 6.07 Å². The van der Waals surface area contributed by atoms with Crippen LogP contribution in [0.25, 0.3) is 0 Å². The fourth-order valence-corrected chi connectivity index (χ4v) is 2.25. The topological polar surface area (TPSA) is 56.0 Å². The number of nitrogens with one attached hydrogen (secondary N) is 1. The molecule has 0 aromatic rings. The van der Waals surface area contributed by atoms with Gasteiger partial charge in [-0.15, -0.1) is 0 Å². The number of nitrogens with zero attached hydrogens (tertiary/aromatic N) is 1. The molecule has 0 heterocycles. The summed E-state index contributed by atoms with van der Waals surface area (Å²) in [6.07, 6.45) is -1.65. The molecular formula is C13H21F3N2O. The summed E-state index contributed by atoms with van der Waals surface area (Å²) in [5.74, 6) is -2.02. The zero-order valence-corrected chi connectivity index (χ0v) is 11.3. The van der Waals surface area contributed by atoms with Gasteiger partial charge in [-0.25, -0.2) is 0 Å². The first-order valence-electron chi connectivity index (χ1n) is 6.47. The van der Waals surface area contributed by atoms with Crippen molar-refractivity contribution < 1.29 is 18.3 Å². The van der Waals surface area contributed by atoms with E-state index in [2.05, 4.69) is 19.2 Å². The highest BCUT2D eigenvalue weighted by molar-refractivity contribution is 4.93. The van der Waals surface area contributed by atoms with E-state index in [4.69, 9.17) is 5.26 Å². The maximum absolute atomic E-state index is 12.4. The van der Waals surface area contributed by atoms with E-state index in [9.17, 15) is 18.3 Å². The second-order valence-corrected chi connectivity index (χ2v) is 6.24.